The predicted octanol–water partition coefficient (Wildman–Crippen LogP) is 5.52. The van der Waals surface area contributed by atoms with Crippen molar-refractivity contribution in [2.75, 3.05) is 13.2 Å². The molecule has 1 aliphatic heterocycles. The Morgan fingerprint density at radius 1 is 1.19 bits per heavy atom. The van der Waals surface area contributed by atoms with Crippen molar-refractivity contribution in [3.8, 4) is 17.2 Å². The third-order valence-corrected chi connectivity index (χ3v) is 5.78. The number of allylic oxidation sites excluding steroid dienone is 1. The number of aromatic nitrogens is 3. The number of benzene rings is 1. The fraction of sp³-hybridized carbons (Fsp3) is 0.360. The Hall–Kier alpha value is -3.60. The molecule has 4 rings (SSSR count). The summed E-state index contributed by atoms with van der Waals surface area (Å²) in [6.07, 6.45) is -0.907. The van der Waals surface area contributed by atoms with Crippen LogP contribution in [0, 0.1) is 17.6 Å². The average Bonchev–Trinajstić information content (AvgIpc) is 3.34. The normalized spacial score (nSPS) is 17.8. The zero-order chi connectivity index (χ0) is 25.8. The first-order valence-corrected chi connectivity index (χ1v) is 11.3. The summed E-state index contributed by atoms with van der Waals surface area (Å²) in [5, 5.41) is 6.91. The number of ether oxygens (including phenoxy) is 2. The molecule has 1 saturated heterocycles. The van der Waals surface area contributed by atoms with Crippen molar-refractivity contribution in [3.05, 3.63) is 71.4 Å². The minimum atomic E-state index is -2.92. The summed E-state index contributed by atoms with van der Waals surface area (Å²) in [4.78, 5) is 17.6. The second-order valence-corrected chi connectivity index (χ2v) is 8.34. The SMILES string of the molecule is C=C(CC1COCCC1Oc1cc(F)cc(F)c1)C(=O)c1cc(-c2nnc(C(F)F)o2)cnc1CC. The molecule has 190 valence electrons. The Labute approximate surface area is 204 Å². The van der Waals surface area contributed by atoms with Gasteiger partial charge in [-0.3, -0.25) is 9.78 Å². The minimum Gasteiger partial charge on any atom is -0.490 e. The lowest BCUT2D eigenvalue weighted by Gasteiger charge is -2.32. The highest BCUT2D eigenvalue weighted by atomic mass is 19.3. The Morgan fingerprint density at radius 3 is 2.61 bits per heavy atom. The first-order chi connectivity index (χ1) is 17.2. The second kappa shape index (κ2) is 11.0. The molecule has 0 radical (unpaired) electrons. The van der Waals surface area contributed by atoms with E-state index in [1.54, 1.807) is 0 Å². The minimum absolute atomic E-state index is 0.0502. The maximum atomic E-state index is 13.6. The van der Waals surface area contributed by atoms with Crippen LogP contribution in [-0.2, 0) is 11.2 Å². The van der Waals surface area contributed by atoms with Crippen LogP contribution in [0.4, 0.5) is 17.6 Å². The number of ketones is 1. The van der Waals surface area contributed by atoms with Crippen molar-refractivity contribution in [1.29, 1.82) is 0 Å². The molecule has 0 spiro atoms. The van der Waals surface area contributed by atoms with Crippen LogP contribution in [0.1, 0.15) is 48.1 Å². The number of hydrogen-bond acceptors (Lipinski definition) is 7. The molecule has 0 N–H and O–H groups in total. The molecule has 3 heterocycles. The largest absolute Gasteiger partial charge is 0.490 e. The summed E-state index contributed by atoms with van der Waals surface area (Å²) in [6.45, 7) is 6.43. The number of pyridine rings is 1. The number of aryl methyl sites for hydroxylation is 1. The molecule has 2 atom stereocenters. The average molecular weight is 505 g/mol. The molecule has 7 nitrogen and oxygen atoms in total. The van der Waals surface area contributed by atoms with E-state index in [4.69, 9.17) is 13.9 Å². The Balaban J connectivity index is 1.52. The van der Waals surface area contributed by atoms with E-state index in [1.165, 1.54) is 12.3 Å². The van der Waals surface area contributed by atoms with Crippen LogP contribution in [0.15, 0.2) is 47.0 Å². The lowest BCUT2D eigenvalue weighted by molar-refractivity contribution is -0.0232. The molecule has 1 aliphatic rings. The van der Waals surface area contributed by atoms with Crippen molar-refractivity contribution in [2.45, 2.75) is 38.7 Å². The van der Waals surface area contributed by atoms with Gasteiger partial charge >= 0.3 is 6.43 Å². The maximum Gasteiger partial charge on any atom is 0.314 e. The summed E-state index contributed by atoms with van der Waals surface area (Å²) < 4.78 is 69.2. The molecule has 1 fully saturated rings. The molecule has 0 aliphatic carbocycles. The van der Waals surface area contributed by atoms with E-state index in [0.29, 0.717) is 25.1 Å². The predicted molar refractivity (Wildman–Crippen MR) is 120 cm³/mol. The van der Waals surface area contributed by atoms with Gasteiger partial charge in [0.15, 0.2) is 5.78 Å². The van der Waals surface area contributed by atoms with Gasteiger partial charge in [-0.1, -0.05) is 13.5 Å². The van der Waals surface area contributed by atoms with Gasteiger partial charge in [0, 0.05) is 42.3 Å². The lowest BCUT2D eigenvalue weighted by Crippen LogP contribution is -2.37. The Bertz CT molecular complexity index is 1240. The summed E-state index contributed by atoms with van der Waals surface area (Å²) in [7, 11) is 0. The number of halogens is 4. The van der Waals surface area contributed by atoms with Gasteiger partial charge in [0.05, 0.1) is 24.5 Å². The van der Waals surface area contributed by atoms with Crippen LogP contribution in [-0.4, -0.2) is 40.3 Å². The van der Waals surface area contributed by atoms with Crippen LogP contribution >= 0.6 is 0 Å². The molecule has 2 aromatic heterocycles. The van der Waals surface area contributed by atoms with E-state index < -0.39 is 35.8 Å². The number of carbonyl (C=O) groups is 1. The third kappa shape index (κ3) is 5.78. The second-order valence-electron chi connectivity index (χ2n) is 8.34. The molecule has 36 heavy (non-hydrogen) atoms. The van der Waals surface area contributed by atoms with Gasteiger partial charge in [-0.2, -0.15) is 8.78 Å². The number of nitrogens with zero attached hydrogens (tertiary/aromatic N) is 3. The smallest absolute Gasteiger partial charge is 0.314 e. The van der Waals surface area contributed by atoms with Crippen molar-refractivity contribution >= 4 is 5.78 Å². The molecule has 2 unspecified atom stereocenters. The highest BCUT2D eigenvalue weighted by Crippen LogP contribution is 2.30. The Kier molecular flexibility index (Phi) is 7.78. The standard InChI is InChI=1S/C25H23F4N3O4/c1-3-20-19(7-14(11-30-20)24-31-32-25(36-24)23(28)29)22(33)13(2)6-15-12-34-5-4-21(15)35-18-9-16(26)8-17(27)10-18/h7-11,15,21,23H,2-6,12H2,1H3. The van der Waals surface area contributed by atoms with Crippen LogP contribution in [0.5, 0.6) is 5.75 Å². The van der Waals surface area contributed by atoms with Crippen molar-refractivity contribution < 1.29 is 36.2 Å². The first kappa shape index (κ1) is 25.5. The van der Waals surface area contributed by atoms with E-state index in [9.17, 15) is 22.4 Å². The van der Waals surface area contributed by atoms with E-state index in [1.807, 2.05) is 6.92 Å². The molecule has 0 amide bonds. The molecule has 1 aromatic carbocycles. The summed E-state index contributed by atoms with van der Waals surface area (Å²) >= 11 is 0. The highest BCUT2D eigenvalue weighted by molar-refractivity contribution is 6.09. The monoisotopic (exact) mass is 505 g/mol. The fourth-order valence-corrected chi connectivity index (χ4v) is 4.02. The maximum absolute atomic E-state index is 13.6. The number of rotatable bonds is 9. The summed E-state index contributed by atoms with van der Waals surface area (Å²) in [6, 6.07) is 4.41. The molecule has 0 saturated carbocycles. The van der Waals surface area contributed by atoms with E-state index >= 15 is 0 Å². The van der Waals surface area contributed by atoms with Gasteiger partial charge in [0.1, 0.15) is 23.5 Å². The van der Waals surface area contributed by atoms with Crippen molar-refractivity contribution in [3.63, 3.8) is 0 Å². The number of alkyl halides is 2. The molecule has 3 aromatic rings. The van der Waals surface area contributed by atoms with Crippen molar-refractivity contribution in [2.24, 2.45) is 5.92 Å². The van der Waals surface area contributed by atoms with E-state index in [-0.39, 0.29) is 47.3 Å². The van der Waals surface area contributed by atoms with Gasteiger partial charge in [-0.25, -0.2) is 8.78 Å². The lowest BCUT2D eigenvalue weighted by atomic mass is 9.88. The quantitative estimate of drug-likeness (QED) is 0.215. The van der Waals surface area contributed by atoms with E-state index in [0.717, 1.165) is 18.2 Å². The fourth-order valence-electron chi connectivity index (χ4n) is 4.02. The number of hydrogen-bond donors (Lipinski definition) is 0. The highest BCUT2D eigenvalue weighted by Gasteiger charge is 2.30. The van der Waals surface area contributed by atoms with Crippen LogP contribution in [0.25, 0.3) is 11.5 Å². The molecular formula is C25H23F4N3O4. The molecular weight excluding hydrogens is 482 g/mol. The van der Waals surface area contributed by atoms with Gasteiger partial charge in [0.25, 0.3) is 5.89 Å². The van der Waals surface area contributed by atoms with Gasteiger partial charge in [-0.15, -0.1) is 10.2 Å². The van der Waals surface area contributed by atoms with Crippen molar-refractivity contribution in [1.82, 2.24) is 15.2 Å². The Morgan fingerprint density at radius 2 is 1.94 bits per heavy atom. The van der Waals surface area contributed by atoms with Crippen LogP contribution < -0.4 is 4.74 Å². The van der Waals surface area contributed by atoms with Crippen LogP contribution in [0.2, 0.25) is 0 Å². The third-order valence-electron chi connectivity index (χ3n) is 5.78. The first-order valence-electron chi connectivity index (χ1n) is 11.3. The zero-order valence-corrected chi connectivity index (χ0v) is 19.3. The molecule has 0 bridgehead atoms. The topological polar surface area (TPSA) is 87.3 Å². The molecule has 11 heteroatoms. The van der Waals surface area contributed by atoms with Gasteiger partial charge < -0.3 is 13.9 Å². The van der Waals surface area contributed by atoms with Gasteiger partial charge in [-0.05, 0) is 24.5 Å². The number of Topliss-reactive ketones (excluding diaryl/α,β-unsaturated/α-hetero) is 1. The van der Waals surface area contributed by atoms with E-state index in [2.05, 4.69) is 21.8 Å². The number of carbonyl (C=O) groups excluding carboxylic acids is 1. The summed E-state index contributed by atoms with van der Waals surface area (Å²) in [5.41, 5.74) is 1.19. The van der Waals surface area contributed by atoms with Crippen LogP contribution in [0.3, 0.4) is 0 Å². The zero-order valence-electron chi connectivity index (χ0n) is 19.3. The van der Waals surface area contributed by atoms with Gasteiger partial charge in [0.2, 0.25) is 5.89 Å². The summed E-state index contributed by atoms with van der Waals surface area (Å²) in [5.74, 6) is -3.17.